The molecule has 2 saturated carbocycles. The van der Waals surface area contributed by atoms with Crippen LogP contribution in [-0.2, 0) is 66.6 Å². The molecule has 0 spiro atoms. The van der Waals surface area contributed by atoms with Gasteiger partial charge in [-0.15, -0.1) is 0 Å². The van der Waals surface area contributed by atoms with E-state index >= 15 is 0 Å². The number of hydrogen-bond acceptors (Lipinski definition) is 25. The maximum Gasteiger partial charge on any atom is 0.509 e. The van der Waals surface area contributed by atoms with E-state index in [2.05, 4.69) is 48.9 Å². The minimum atomic E-state index is -2.32. The van der Waals surface area contributed by atoms with Crippen molar-refractivity contribution in [2.45, 2.75) is 73.5 Å². The number of ether oxygens (including phenoxy) is 15. The molecule has 25 heteroatoms. The summed E-state index contributed by atoms with van der Waals surface area (Å²) in [4.78, 5) is 90.8. The third-order valence-corrected chi connectivity index (χ3v) is 12.7. The van der Waals surface area contributed by atoms with Crippen LogP contribution in [0.5, 0.6) is 34.5 Å². The number of aliphatic hydroxyl groups is 3. The van der Waals surface area contributed by atoms with E-state index in [0.717, 1.165) is 46.7 Å². The minimum absolute atomic E-state index is 0.154. The van der Waals surface area contributed by atoms with E-state index in [1.807, 2.05) is 0 Å². The van der Waals surface area contributed by atoms with Gasteiger partial charge in [-0.3, -0.25) is 0 Å². The largest absolute Gasteiger partial charge is 0.509 e. The standard InChI is InChI=1S/C55H58O17.C10H16O8/c1-9-27-63-41-21-15-38(33-44(41)66-30-12-4)18-24-49(56)69-47-36-55(53(59)61-7,72-54(60)62-8)37-48(70-50(57)25-19-39-16-22-42(64-28-10-2)45(34-39)67-31-13-5)52(47)71-51(58)26-20-40-17-23-43(65-29-11-3)46(35-40)68-32-14-6;1-16-8(14)10(18-9(15)17-2)3-5(11)7(13)6(12)4-10/h9-26,33-35,47-48,52H,1-6,27-32,36-37H2,7-8H3;5-7,11-13H,3-4H2,1-2H3/b24-18+,25-19+,26-20+;/t47-,48-,52?,55?;5-,6-,7?,10?/m11/s1. The van der Waals surface area contributed by atoms with Crippen LogP contribution in [0.2, 0.25) is 0 Å². The van der Waals surface area contributed by atoms with E-state index in [9.17, 15) is 48.9 Å². The highest BCUT2D eigenvalue weighted by molar-refractivity contribution is 5.90. The third kappa shape index (κ3) is 21.6. The molecule has 3 aromatic rings. The van der Waals surface area contributed by atoms with Gasteiger partial charge in [-0.05, 0) is 71.3 Å². The molecule has 2 aliphatic rings. The predicted molar refractivity (Wildman–Crippen MR) is 323 cm³/mol. The molecule has 3 aromatic carbocycles. The van der Waals surface area contributed by atoms with E-state index in [-0.39, 0.29) is 52.5 Å². The summed E-state index contributed by atoms with van der Waals surface area (Å²) >= 11 is 0. The summed E-state index contributed by atoms with van der Waals surface area (Å²) in [5.74, 6) is -2.83. The van der Waals surface area contributed by atoms with E-state index in [1.54, 1.807) is 91.1 Å². The van der Waals surface area contributed by atoms with Crippen molar-refractivity contribution >= 4 is 60.4 Å². The van der Waals surface area contributed by atoms with Crippen LogP contribution >= 0.6 is 0 Å². The molecule has 0 radical (unpaired) electrons. The second-order valence-corrected chi connectivity index (χ2v) is 19.1. The molecule has 0 heterocycles. The second-order valence-electron chi connectivity index (χ2n) is 19.1. The lowest BCUT2D eigenvalue weighted by atomic mass is 9.79. The van der Waals surface area contributed by atoms with Gasteiger partial charge in [0.05, 0.1) is 40.6 Å². The van der Waals surface area contributed by atoms with Crippen molar-refractivity contribution in [2.75, 3.05) is 68.1 Å². The van der Waals surface area contributed by atoms with Crippen LogP contribution in [0.4, 0.5) is 9.59 Å². The highest BCUT2D eigenvalue weighted by atomic mass is 16.7. The first kappa shape index (κ1) is 72.4. The van der Waals surface area contributed by atoms with Crippen molar-refractivity contribution in [2.24, 2.45) is 0 Å². The van der Waals surface area contributed by atoms with Crippen LogP contribution in [0.1, 0.15) is 42.4 Å². The van der Waals surface area contributed by atoms with Gasteiger partial charge < -0.3 is 86.4 Å². The molecule has 4 atom stereocenters. The summed E-state index contributed by atoms with van der Waals surface area (Å²) in [6, 6.07) is 14.7. The summed E-state index contributed by atoms with van der Waals surface area (Å²) < 4.78 is 81.0. The summed E-state index contributed by atoms with van der Waals surface area (Å²) in [5, 5.41) is 28.5. The Morgan fingerprint density at radius 2 is 0.711 bits per heavy atom. The van der Waals surface area contributed by atoms with Gasteiger partial charge in [0.25, 0.3) is 0 Å². The summed E-state index contributed by atoms with van der Waals surface area (Å²) in [7, 11) is 4.17. The number of esters is 5. The molecule has 90 heavy (non-hydrogen) atoms. The van der Waals surface area contributed by atoms with E-state index < -0.39 is 103 Å². The number of benzene rings is 3. The summed E-state index contributed by atoms with van der Waals surface area (Å²) in [6.07, 6.45) is 3.01. The summed E-state index contributed by atoms with van der Waals surface area (Å²) in [6.45, 7) is 23.1. The van der Waals surface area contributed by atoms with Gasteiger partial charge in [-0.25, -0.2) is 33.6 Å². The lowest BCUT2D eigenvalue weighted by Crippen LogP contribution is -2.61. The Hall–Kier alpha value is -10.1. The minimum Gasteiger partial charge on any atom is -0.486 e. The van der Waals surface area contributed by atoms with Crippen LogP contribution in [0, 0.1) is 0 Å². The molecule has 25 nitrogen and oxygen atoms in total. The number of methoxy groups -OCH3 is 4. The maximum atomic E-state index is 13.8. The molecule has 0 amide bonds. The number of hydrogen-bond donors (Lipinski definition) is 3. The fraction of sp³-hybridized carbons (Fsp3) is 0.338. The van der Waals surface area contributed by atoms with Gasteiger partial charge in [0.2, 0.25) is 11.2 Å². The average molecular weight is 1260 g/mol. The molecule has 2 fully saturated rings. The Morgan fingerprint density at radius 1 is 0.422 bits per heavy atom. The Balaban J connectivity index is 0.000000821. The van der Waals surface area contributed by atoms with E-state index in [1.165, 1.54) is 18.2 Å². The molecule has 2 aliphatic carbocycles. The fourth-order valence-corrected chi connectivity index (χ4v) is 8.71. The van der Waals surface area contributed by atoms with Crippen molar-refractivity contribution in [3.8, 4) is 34.5 Å². The SMILES string of the molecule is C=CCOc1ccc(/C=C/C(=O)OC2[C@H](OC(=O)/C=C/c3ccc(OCC=C)c(OCC=C)c3)CC(OC(=O)OC)(C(=O)OC)C[C@H]2OC(=O)/C=C/c2ccc(OCC=C)c(OCC=C)c2)cc1OCC=C.COC(=O)OC1(C(=O)OC)C[C@@H](O)C(O)[C@H](O)C1. The lowest BCUT2D eigenvalue weighted by molar-refractivity contribution is -0.214. The number of aliphatic hydroxyl groups excluding tert-OH is 3. The molecule has 0 saturated heterocycles. The van der Waals surface area contributed by atoms with Crippen LogP contribution in [0.25, 0.3) is 18.2 Å². The van der Waals surface area contributed by atoms with Crippen LogP contribution in [0.15, 0.2) is 149 Å². The second kappa shape index (κ2) is 36.9. The smallest absolute Gasteiger partial charge is 0.486 e. The van der Waals surface area contributed by atoms with Gasteiger partial charge in [0.1, 0.15) is 58.0 Å². The zero-order valence-corrected chi connectivity index (χ0v) is 50.2. The number of carbonyl (C=O) groups is 7. The quantitative estimate of drug-likeness (QED) is 0.0246. The molecule has 5 rings (SSSR count). The molecule has 0 aliphatic heterocycles. The molecule has 0 unspecified atom stereocenters. The van der Waals surface area contributed by atoms with Crippen molar-refractivity contribution < 1.29 is 120 Å². The monoisotopic (exact) mass is 1250 g/mol. The van der Waals surface area contributed by atoms with Crippen molar-refractivity contribution in [1.82, 2.24) is 0 Å². The Bertz CT molecular complexity index is 2980. The number of carbonyl (C=O) groups excluding carboxylic acids is 7. The molecule has 0 aromatic heterocycles. The molecule has 3 N–H and O–H groups in total. The van der Waals surface area contributed by atoms with Crippen LogP contribution in [0.3, 0.4) is 0 Å². The average Bonchev–Trinajstić information content (AvgIpc) is 0.840. The van der Waals surface area contributed by atoms with Gasteiger partial charge in [0, 0.05) is 43.9 Å². The van der Waals surface area contributed by atoms with Gasteiger partial charge >= 0.3 is 42.2 Å². The molecular formula is C65H74O25. The van der Waals surface area contributed by atoms with E-state index in [0.29, 0.717) is 51.2 Å². The Kier molecular flexibility index (Phi) is 29.7. The summed E-state index contributed by atoms with van der Waals surface area (Å²) in [5.41, 5.74) is -2.75. The fourth-order valence-electron chi connectivity index (χ4n) is 8.71. The van der Waals surface area contributed by atoms with E-state index in [4.69, 9.17) is 61.6 Å². The highest BCUT2D eigenvalue weighted by Gasteiger charge is 2.59. The lowest BCUT2D eigenvalue weighted by Gasteiger charge is -2.43. The van der Waals surface area contributed by atoms with Gasteiger partial charge in [-0.1, -0.05) is 94.1 Å². The first-order chi connectivity index (χ1) is 43.2. The zero-order chi connectivity index (χ0) is 66.2. The molecular weight excluding hydrogens is 1180 g/mol. The van der Waals surface area contributed by atoms with Gasteiger partial charge in [-0.2, -0.15) is 0 Å². The van der Waals surface area contributed by atoms with Crippen molar-refractivity contribution in [3.05, 3.63) is 165 Å². The molecule has 0 bridgehead atoms. The normalized spacial score (nSPS) is 20.8. The topological polar surface area (TPSA) is 319 Å². The third-order valence-electron chi connectivity index (χ3n) is 12.7. The van der Waals surface area contributed by atoms with Crippen molar-refractivity contribution in [1.29, 1.82) is 0 Å². The molecule has 484 valence electrons. The van der Waals surface area contributed by atoms with Crippen LogP contribution < -0.4 is 28.4 Å². The predicted octanol–water partition coefficient (Wildman–Crippen LogP) is 7.30. The van der Waals surface area contributed by atoms with Gasteiger partial charge in [0.15, 0.2) is 40.6 Å². The first-order valence-electron chi connectivity index (χ1n) is 27.5. The maximum absolute atomic E-state index is 13.8. The van der Waals surface area contributed by atoms with Crippen molar-refractivity contribution in [3.63, 3.8) is 0 Å². The highest BCUT2D eigenvalue weighted by Crippen LogP contribution is 2.40. The Labute approximate surface area is 520 Å². The zero-order valence-electron chi connectivity index (χ0n) is 50.2. The van der Waals surface area contributed by atoms with Crippen LogP contribution in [-0.4, -0.2) is 173 Å². The number of rotatable bonds is 31. The Morgan fingerprint density at radius 3 is 1.00 bits per heavy atom. The first-order valence-corrected chi connectivity index (χ1v) is 27.5.